The zero-order valence-electron chi connectivity index (χ0n) is 7.96. The predicted octanol–water partition coefficient (Wildman–Crippen LogP) is 1.85. The molecule has 1 unspecified atom stereocenters. The molecule has 0 aromatic carbocycles. The monoisotopic (exact) mass is 154 g/mol. The summed E-state index contributed by atoms with van der Waals surface area (Å²) in [5.74, 6) is 0. The lowest BCUT2D eigenvalue weighted by molar-refractivity contribution is 0.0587. The SMILES string of the molecule is CCC1=CC(CC)N(C)N1C. The minimum Gasteiger partial charge on any atom is -0.313 e. The van der Waals surface area contributed by atoms with Gasteiger partial charge in [0, 0.05) is 25.8 Å². The molecule has 0 fully saturated rings. The maximum Gasteiger partial charge on any atom is 0.0487 e. The van der Waals surface area contributed by atoms with Crippen LogP contribution in [0.15, 0.2) is 11.8 Å². The van der Waals surface area contributed by atoms with Crippen LogP contribution < -0.4 is 0 Å². The number of hydrazine groups is 1. The van der Waals surface area contributed by atoms with Gasteiger partial charge < -0.3 is 5.01 Å². The molecule has 0 spiro atoms. The standard InChI is InChI=1S/C9H18N2/c1-5-8-7-9(6-2)11(4)10(8)3/h7-8H,5-6H2,1-4H3. The smallest absolute Gasteiger partial charge is 0.0487 e. The van der Waals surface area contributed by atoms with Gasteiger partial charge in [0.25, 0.3) is 0 Å². The van der Waals surface area contributed by atoms with Crippen LogP contribution in [0.3, 0.4) is 0 Å². The molecule has 1 aliphatic heterocycles. The molecular weight excluding hydrogens is 136 g/mol. The molecule has 0 aromatic rings. The molecule has 64 valence electrons. The van der Waals surface area contributed by atoms with Gasteiger partial charge in [0.05, 0.1) is 0 Å². The lowest BCUT2D eigenvalue weighted by atomic mass is 10.2. The summed E-state index contributed by atoms with van der Waals surface area (Å²) < 4.78 is 0. The van der Waals surface area contributed by atoms with E-state index < -0.39 is 0 Å². The van der Waals surface area contributed by atoms with E-state index in [2.05, 4.69) is 44.0 Å². The van der Waals surface area contributed by atoms with Crippen molar-refractivity contribution in [3.63, 3.8) is 0 Å². The van der Waals surface area contributed by atoms with Crippen LogP contribution in [-0.2, 0) is 0 Å². The van der Waals surface area contributed by atoms with E-state index in [1.54, 1.807) is 0 Å². The highest BCUT2D eigenvalue weighted by Crippen LogP contribution is 2.22. The molecule has 1 rings (SSSR count). The molecule has 0 saturated heterocycles. The van der Waals surface area contributed by atoms with Crippen molar-refractivity contribution in [2.24, 2.45) is 0 Å². The van der Waals surface area contributed by atoms with E-state index in [9.17, 15) is 0 Å². The molecule has 2 heteroatoms. The van der Waals surface area contributed by atoms with Crippen LogP contribution in [0, 0.1) is 0 Å². The Bertz CT molecular complexity index is 163. The minimum atomic E-state index is 0.620. The number of allylic oxidation sites excluding steroid dienone is 1. The summed E-state index contributed by atoms with van der Waals surface area (Å²) in [6, 6.07) is 0.620. The second-order valence-electron chi connectivity index (χ2n) is 3.08. The summed E-state index contributed by atoms with van der Waals surface area (Å²) in [5, 5.41) is 4.53. The van der Waals surface area contributed by atoms with E-state index in [1.807, 2.05) is 0 Å². The number of hydrogen-bond donors (Lipinski definition) is 0. The molecule has 0 amide bonds. The second kappa shape index (κ2) is 3.26. The fourth-order valence-corrected chi connectivity index (χ4v) is 1.59. The summed E-state index contributed by atoms with van der Waals surface area (Å²) in [5.41, 5.74) is 1.44. The summed E-state index contributed by atoms with van der Waals surface area (Å²) in [6.45, 7) is 4.43. The Kier molecular flexibility index (Phi) is 2.55. The fraction of sp³-hybridized carbons (Fsp3) is 0.778. The van der Waals surface area contributed by atoms with Gasteiger partial charge in [0.15, 0.2) is 0 Å². The van der Waals surface area contributed by atoms with Gasteiger partial charge in [-0.05, 0) is 18.9 Å². The van der Waals surface area contributed by atoms with Gasteiger partial charge in [-0.3, -0.25) is 0 Å². The molecule has 0 aliphatic carbocycles. The van der Waals surface area contributed by atoms with Gasteiger partial charge in [0.1, 0.15) is 0 Å². The van der Waals surface area contributed by atoms with Crippen LogP contribution in [0.25, 0.3) is 0 Å². The third-order valence-corrected chi connectivity index (χ3v) is 2.53. The topological polar surface area (TPSA) is 6.48 Å². The van der Waals surface area contributed by atoms with E-state index in [0.29, 0.717) is 6.04 Å². The highest BCUT2D eigenvalue weighted by Gasteiger charge is 2.23. The first-order valence-electron chi connectivity index (χ1n) is 4.37. The van der Waals surface area contributed by atoms with Gasteiger partial charge in [-0.25, -0.2) is 5.01 Å². The quantitative estimate of drug-likeness (QED) is 0.599. The summed E-state index contributed by atoms with van der Waals surface area (Å²) in [7, 11) is 4.28. The Balaban J connectivity index is 2.68. The van der Waals surface area contributed by atoms with Crippen molar-refractivity contribution in [2.75, 3.05) is 14.1 Å². The van der Waals surface area contributed by atoms with E-state index in [0.717, 1.165) is 6.42 Å². The Morgan fingerprint density at radius 1 is 1.36 bits per heavy atom. The molecule has 2 nitrogen and oxygen atoms in total. The average molecular weight is 154 g/mol. The van der Waals surface area contributed by atoms with Crippen LogP contribution in [0.4, 0.5) is 0 Å². The Morgan fingerprint density at radius 3 is 2.27 bits per heavy atom. The van der Waals surface area contributed by atoms with Crippen molar-refractivity contribution in [3.05, 3.63) is 11.8 Å². The first-order chi connectivity index (χ1) is 5.20. The first kappa shape index (κ1) is 8.60. The average Bonchev–Trinajstić information content (AvgIpc) is 2.30. The lowest BCUT2D eigenvalue weighted by Crippen LogP contribution is -2.35. The van der Waals surface area contributed by atoms with Crippen molar-refractivity contribution in [2.45, 2.75) is 32.7 Å². The van der Waals surface area contributed by atoms with Crippen molar-refractivity contribution < 1.29 is 0 Å². The fourth-order valence-electron chi connectivity index (χ4n) is 1.59. The Hall–Kier alpha value is -0.500. The van der Waals surface area contributed by atoms with Crippen LogP contribution >= 0.6 is 0 Å². The van der Waals surface area contributed by atoms with Crippen LogP contribution in [0.5, 0.6) is 0 Å². The molecule has 1 aliphatic rings. The highest BCUT2D eigenvalue weighted by molar-refractivity contribution is 5.10. The van der Waals surface area contributed by atoms with Crippen LogP contribution in [0.2, 0.25) is 0 Å². The van der Waals surface area contributed by atoms with Gasteiger partial charge in [0.2, 0.25) is 0 Å². The normalized spacial score (nSPS) is 26.0. The molecule has 0 N–H and O–H groups in total. The van der Waals surface area contributed by atoms with Gasteiger partial charge in [-0.15, -0.1) is 0 Å². The highest BCUT2D eigenvalue weighted by atomic mass is 15.6. The van der Waals surface area contributed by atoms with Gasteiger partial charge in [-0.1, -0.05) is 13.8 Å². The maximum atomic E-state index is 2.36. The van der Waals surface area contributed by atoms with E-state index in [1.165, 1.54) is 12.1 Å². The zero-order valence-corrected chi connectivity index (χ0v) is 7.96. The summed E-state index contributed by atoms with van der Waals surface area (Å²) in [6.07, 6.45) is 4.70. The van der Waals surface area contributed by atoms with Crippen molar-refractivity contribution in [1.29, 1.82) is 0 Å². The number of likely N-dealkylation sites (N-methyl/N-ethyl adjacent to an activating group) is 1. The molecule has 0 bridgehead atoms. The number of rotatable bonds is 2. The summed E-state index contributed by atoms with van der Waals surface area (Å²) >= 11 is 0. The largest absolute Gasteiger partial charge is 0.313 e. The molecule has 0 radical (unpaired) electrons. The van der Waals surface area contributed by atoms with Crippen LogP contribution in [0.1, 0.15) is 26.7 Å². The van der Waals surface area contributed by atoms with Crippen molar-refractivity contribution in [3.8, 4) is 0 Å². The van der Waals surface area contributed by atoms with Crippen molar-refractivity contribution >= 4 is 0 Å². The van der Waals surface area contributed by atoms with Crippen LogP contribution in [-0.4, -0.2) is 30.2 Å². The second-order valence-corrected chi connectivity index (χ2v) is 3.08. The molecule has 11 heavy (non-hydrogen) atoms. The zero-order chi connectivity index (χ0) is 8.43. The minimum absolute atomic E-state index is 0.620. The molecular formula is C9H18N2. The number of nitrogens with zero attached hydrogens (tertiary/aromatic N) is 2. The number of hydrogen-bond acceptors (Lipinski definition) is 2. The lowest BCUT2D eigenvalue weighted by Gasteiger charge is -2.28. The van der Waals surface area contributed by atoms with Crippen molar-refractivity contribution in [1.82, 2.24) is 10.0 Å². The van der Waals surface area contributed by atoms with Gasteiger partial charge in [-0.2, -0.15) is 0 Å². The molecule has 0 saturated carbocycles. The first-order valence-corrected chi connectivity index (χ1v) is 4.37. The third kappa shape index (κ3) is 1.41. The Morgan fingerprint density at radius 2 is 2.00 bits per heavy atom. The van der Waals surface area contributed by atoms with E-state index in [-0.39, 0.29) is 0 Å². The van der Waals surface area contributed by atoms with E-state index >= 15 is 0 Å². The van der Waals surface area contributed by atoms with Gasteiger partial charge >= 0.3 is 0 Å². The summed E-state index contributed by atoms with van der Waals surface area (Å²) in [4.78, 5) is 0. The molecule has 0 aromatic heterocycles. The molecule has 1 atom stereocenters. The third-order valence-electron chi connectivity index (χ3n) is 2.53. The predicted molar refractivity (Wildman–Crippen MR) is 48.0 cm³/mol. The Labute approximate surface area is 69.5 Å². The van der Waals surface area contributed by atoms with E-state index in [4.69, 9.17) is 0 Å². The molecule has 1 heterocycles. The maximum absolute atomic E-state index is 2.36.